The van der Waals surface area contributed by atoms with E-state index in [1.54, 1.807) is 0 Å². The minimum Gasteiger partial charge on any atom is -0.493 e. The standard InChI is InChI=1S/C11H12BrNO/c12-8-1-2-10-9(7-8)11(3-5-13-11)4-6-14-10/h1-2,7,13H,3-6H2/t11-/m0/s1. The van der Waals surface area contributed by atoms with Crippen LogP contribution in [0, 0.1) is 0 Å². The second kappa shape index (κ2) is 2.97. The first-order valence-electron chi connectivity index (χ1n) is 4.98. The average Bonchev–Trinajstić information content (AvgIpc) is 2.14. The third-order valence-electron chi connectivity index (χ3n) is 3.26. The predicted molar refractivity (Wildman–Crippen MR) is 58.6 cm³/mol. The summed E-state index contributed by atoms with van der Waals surface area (Å²) in [6, 6.07) is 6.28. The topological polar surface area (TPSA) is 21.3 Å². The molecule has 1 spiro atoms. The first kappa shape index (κ1) is 8.74. The molecule has 3 rings (SSSR count). The summed E-state index contributed by atoms with van der Waals surface area (Å²) in [5.74, 6) is 1.05. The lowest BCUT2D eigenvalue weighted by Crippen LogP contribution is -2.56. The van der Waals surface area contributed by atoms with E-state index in [0.29, 0.717) is 0 Å². The predicted octanol–water partition coefficient (Wildman–Crippen LogP) is 2.42. The molecule has 1 atom stereocenters. The van der Waals surface area contributed by atoms with Gasteiger partial charge in [-0.25, -0.2) is 0 Å². The maximum Gasteiger partial charge on any atom is 0.124 e. The van der Waals surface area contributed by atoms with Crippen LogP contribution in [0.3, 0.4) is 0 Å². The monoisotopic (exact) mass is 253 g/mol. The van der Waals surface area contributed by atoms with E-state index in [-0.39, 0.29) is 5.54 Å². The summed E-state index contributed by atoms with van der Waals surface area (Å²) in [4.78, 5) is 0. The van der Waals surface area contributed by atoms with Crippen molar-refractivity contribution in [1.29, 1.82) is 0 Å². The van der Waals surface area contributed by atoms with Gasteiger partial charge in [0.1, 0.15) is 5.75 Å². The normalized spacial score (nSPS) is 29.2. The zero-order chi connectivity index (χ0) is 9.60. The van der Waals surface area contributed by atoms with Gasteiger partial charge in [-0.05, 0) is 31.2 Å². The summed E-state index contributed by atoms with van der Waals surface area (Å²) in [7, 11) is 0. The molecule has 14 heavy (non-hydrogen) atoms. The van der Waals surface area contributed by atoms with E-state index < -0.39 is 0 Å². The highest BCUT2D eigenvalue weighted by Crippen LogP contribution is 2.43. The molecule has 1 aromatic carbocycles. The van der Waals surface area contributed by atoms with Crippen molar-refractivity contribution in [2.24, 2.45) is 0 Å². The Morgan fingerprint density at radius 2 is 2.21 bits per heavy atom. The number of benzene rings is 1. The molecule has 1 saturated heterocycles. The zero-order valence-corrected chi connectivity index (χ0v) is 9.43. The highest BCUT2D eigenvalue weighted by atomic mass is 79.9. The Labute approximate surface area is 91.8 Å². The van der Waals surface area contributed by atoms with Gasteiger partial charge in [-0.1, -0.05) is 15.9 Å². The highest BCUT2D eigenvalue weighted by Gasteiger charge is 2.42. The number of ether oxygens (including phenoxy) is 1. The van der Waals surface area contributed by atoms with Gasteiger partial charge in [-0.15, -0.1) is 0 Å². The van der Waals surface area contributed by atoms with E-state index in [2.05, 4.69) is 33.4 Å². The van der Waals surface area contributed by atoms with Gasteiger partial charge in [0.15, 0.2) is 0 Å². The molecule has 2 aliphatic rings. The van der Waals surface area contributed by atoms with Crippen molar-refractivity contribution < 1.29 is 4.74 Å². The molecule has 2 nitrogen and oxygen atoms in total. The van der Waals surface area contributed by atoms with Crippen molar-refractivity contribution >= 4 is 15.9 Å². The Balaban J connectivity index is 2.12. The first-order chi connectivity index (χ1) is 6.80. The van der Waals surface area contributed by atoms with Crippen molar-refractivity contribution in [3.63, 3.8) is 0 Å². The lowest BCUT2D eigenvalue weighted by Gasteiger charge is -2.47. The number of hydrogen-bond acceptors (Lipinski definition) is 2. The Morgan fingerprint density at radius 1 is 1.36 bits per heavy atom. The SMILES string of the molecule is Brc1ccc2c(c1)[C@]1(CCN1)CCO2. The third-order valence-corrected chi connectivity index (χ3v) is 3.75. The van der Waals surface area contributed by atoms with E-state index >= 15 is 0 Å². The molecule has 0 unspecified atom stereocenters. The molecule has 0 aromatic heterocycles. The largest absolute Gasteiger partial charge is 0.493 e. The second-order valence-electron chi connectivity index (χ2n) is 4.00. The Kier molecular flexibility index (Phi) is 1.86. The lowest BCUT2D eigenvalue weighted by molar-refractivity contribution is 0.122. The van der Waals surface area contributed by atoms with Gasteiger partial charge in [0.25, 0.3) is 0 Å². The molecule has 0 aliphatic carbocycles. The van der Waals surface area contributed by atoms with Crippen LogP contribution in [0.25, 0.3) is 0 Å². The maximum atomic E-state index is 5.65. The van der Waals surface area contributed by atoms with Crippen LogP contribution in [0.1, 0.15) is 18.4 Å². The Hall–Kier alpha value is -0.540. The van der Waals surface area contributed by atoms with Gasteiger partial charge in [0.05, 0.1) is 12.1 Å². The van der Waals surface area contributed by atoms with Crippen molar-refractivity contribution in [1.82, 2.24) is 5.32 Å². The fourth-order valence-corrected chi connectivity index (χ4v) is 2.70. The molecule has 2 heterocycles. The van der Waals surface area contributed by atoms with Crippen LogP contribution in [0.15, 0.2) is 22.7 Å². The van der Waals surface area contributed by atoms with Gasteiger partial charge in [0, 0.05) is 16.5 Å². The van der Waals surface area contributed by atoms with Crippen LogP contribution in [-0.4, -0.2) is 13.2 Å². The fourth-order valence-electron chi connectivity index (χ4n) is 2.34. The van der Waals surface area contributed by atoms with Gasteiger partial charge >= 0.3 is 0 Å². The number of rotatable bonds is 0. The van der Waals surface area contributed by atoms with Crippen molar-refractivity contribution in [3.05, 3.63) is 28.2 Å². The van der Waals surface area contributed by atoms with Crippen LogP contribution in [0.4, 0.5) is 0 Å². The molecule has 2 aliphatic heterocycles. The molecule has 1 N–H and O–H groups in total. The van der Waals surface area contributed by atoms with Gasteiger partial charge in [-0.3, -0.25) is 0 Å². The van der Waals surface area contributed by atoms with Gasteiger partial charge < -0.3 is 10.1 Å². The summed E-state index contributed by atoms with van der Waals surface area (Å²) >= 11 is 3.51. The molecular formula is C11H12BrNO. The molecular weight excluding hydrogens is 242 g/mol. The Bertz CT molecular complexity index is 374. The van der Waals surface area contributed by atoms with Crippen LogP contribution in [-0.2, 0) is 5.54 Å². The van der Waals surface area contributed by atoms with E-state index in [0.717, 1.165) is 29.8 Å². The maximum absolute atomic E-state index is 5.65. The fraction of sp³-hybridized carbons (Fsp3) is 0.455. The van der Waals surface area contributed by atoms with Crippen molar-refractivity contribution in [2.75, 3.05) is 13.2 Å². The summed E-state index contributed by atoms with van der Waals surface area (Å²) in [5.41, 5.74) is 1.54. The molecule has 3 heteroatoms. The van der Waals surface area contributed by atoms with Gasteiger partial charge in [0.2, 0.25) is 0 Å². The summed E-state index contributed by atoms with van der Waals surface area (Å²) in [5, 5.41) is 3.54. The van der Waals surface area contributed by atoms with Gasteiger partial charge in [-0.2, -0.15) is 0 Å². The zero-order valence-electron chi connectivity index (χ0n) is 7.85. The average molecular weight is 254 g/mol. The van der Waals surface area contributed by atoms with Crippen LogP contribution in [0.2, 0.25) is 0 Å². The van der Waals surface area contributed by atoms with Crippen LogP contribution < -0.4 is 10.1 Å². The van der Waals surface area contributed by atoms with Crippen LogP contribution in [0.5, 0.6) is 5.75 Å². The van der Waals surface area contributed by atoms with E-state index in [1.807, 2.05) is 6.07 Å². The molecule has 1 fully saturated rings. The first-order valence-corrected chi connectivity index (χ1v) is 5.77. The molecule has 0 radical (unpaired) electrons. The quantitative estimate of drug-likeness (QED) is 0.767. The van der Waals surface area contributed by atoms with Crippen molar-refractivity contribution in [2.45, 2.75) is 18.4 Å². The highest BCUT2D eigenvalue weighted by molar-refractivity contribution is 9.10. The third kappa shape index (κ3) is 1.12. The molecule has 0 bridgehead atoms. The lowest BCUT2D eigenvalue weighted by atomic mass is 9.77. The smallest absolute Gasteiger partial charge is 0.124 e. The molecule has 0 amide bonds. The summed E-state index contributed by atoms with van der Waals surface area (Å²) in [6.45, 7) is 1.97. The molecule has 0 saturated carbocycles. The minimum atomic E-state index is 0.220. The summed E-state index contributed by atoms with van der Waals surface area (Å²) in [6.07, 6.45) is 2.33. The second-order valence-corrected chi connectivity index (χ2v) is 4.91. The molecule has 74 valence electrons. The minimum absolute atomic E-state index is 0.220. The van der Waals surface area contributed by atoms with Crippen LogP contribution >= 0.6 is 15.9 Å². The van der Waals surface area contributed by atoms with E-state index in [1.165, 1.54) is 12.0 Å². The number of fused-ring (bicyclic) bond motifs is 2. The number of nitrogens with one attached hydrogen (secondary N) is 1. The van der Waals surface area contributed by atoms with E-state index in [4.69, 9.17) is 4.74 Å². The summed E-state index contributed by atoms with van der Waals surface area (Å²) < 4.78 is 6.78. The van der Waals surface area contributed by atoms with Crippen molar-refractivity contribution in [3.8, 4) is 5.75 Å². The van der Waals surface area contributed by atoms with E-state index in [9.17, 15) is 0 Å². The number of halogens is 1. The Morgan fingerprint density at radius 3 is 2.93 bits per heavy atom. The number of hydrogen-bond donors (Lipinski definition) is 1. The molecule has 1 aromatic rings.